The van der Waals surface area contributed by atoms with E-state index in [-0.39, 0.29) is 12.5 Å². The molecule has 0 saturated carbocycles. The lowest BCUT2D eigenvalue weighted by Crippen LogP contribution is -2.26. The zero-order valence-electron chi connectivity index (χ0n) is 9.50. The molecular formula is C12H12N2O3S. The molecule has 0 unspecified atom stereocenters. The van der Waals surface area contributed by atoms with Crippen LogP contribution >= 0.6 is 11.3 Å². The van der Waals surface area contributed by atoms with Gasteiger partial charge in [0.05, 0.1) is 6.54 Å². The van der Waals surface area contributed by atoms with Crippen molar-refractivity contribution in [2.45, 2.75) is 13.1 Å². The second-order valence-electron chi connectivity index (χ2n) is 3.68. The van der Waals surface area contributed by atoms with Crippen molar-refractivity contribution >= 4 is 23.2 Å². The third kappa shape index (κ3) is 2.98. The monoisotopic (exact) mass is 264 g/mol. The van der Waals surface area contributed by atoms with E-state index >= 15 is 0 Å². The van der Waals surface area contributed by atoms with Gasteiger partial charge in [-0.25, -0.2) is 0 Å². The highest BCUT2D eigenvalue weighted by molar-refractivity contribution is 7.09. The molecule has 0 spiro atoms. The number of aliphatic carboxylic acids is 1. The van der Waals surface area contributed by atoms with E-state index in [0.717, 1.165) is 4.88 Å². The van der Waals surface area contributed by atoms with E-state index in [4.69, 9.17) is 5.11 Å². The van der Waals surface area contributed by atoms with E-state index < -0.39 is 5.97 Å². The summed E-state index contributed by atoms with van der Waals surface area (Å²) < 4.78 is 1.41. The summed E-state index contributed by atoms with van der Waals surface area (Å²) >= 11 is 1.56. The second kappa shape index (κ2) is 5.50. The Labute approximate surface area is 108 Å². The molecule has 18 heavy (non-hydrogen) atoms. The smallest absolute Gasteiger partial charge is 0.323 e. The van der Waals surface area contributed by atoms with Crippen LogP contribution in [0.1, 0.15) is 15.4 Å². The Kier molecular flexibility index (Phi) is 3.78. The molecule has 1 amide bonds. The Bertz CT molecular complexity index is 545. The highest BCUT2D eigenvalue weighted by Crippen LogP contribution is 2.08. The van der Waals surface area contributed by atoms with E-state index in [1.54, 1.807) is 29.7 Å². The summed E-state index contributed by atoms with van der Waals surface area (Å²) in [5.74, 6) is -1.24. The van der Waals surface area contributed by atoms with Gasteiger partial charge in [-0.15, -0.1) is 11.3 Å². The van der Waals surface area contributed by atoms with E-state index in [1.165, 1.54) is 4.57 Å². The van der Waals surface area contributed by atoms with Gasteiger partial charge in [-0.3, -0.25) is 9.59 Å². The summed E-state index contributed by atoms with van der Waals surface area (Å²) in [5.41, 5.74) is 0.356. The van der Waals surface area contributed by atoms with Crippen molar-refractivity contribution in [2.75, 3.05) is 0 Å². The van der Waals surface area contributed by atoms with Crippen LogP contribution in [0.2, 0.25) is 0 Å². The lowest BCUT2D eigenvalue weighted by Gasteiger charge is -2.07. The normalized spacial score (nSPS) is 10.2. The van der Waals surface area contributed by atoms with Crippen LogP contribution in [0.15, 0.2) is 35.8 Å². The fourth-order valence-corrected chi connectivity index (χ4v) is 2.22. The van der Waals surface area contributed by atoms with Gasteiger partial charge >= 0.3 is 5.97 Å². The zero-order valence-corrected chi connectivity index (χ0v) is 10.3. The minimum Gasteiger partial charge on any atom is -0.480 e. The summed E-state index contributed by atoms with van der Waals surface area (Å²) in [6, 6.07) is 7.11. The third-order valence-electron chi connectivity index (χ3n) is 2.37. The number of amides is 1. The summed E-state index contributed by atoms with van der Waals surface area (Å²) in [6.45, 7) is 0.240. The molecule has 0 fully saturated rings. The molecule has 0 atom stereocenters. The second-order valence-corrected chi connectivity index (χ2v) is 4.71. The molecule has 6 heteroatoms. The first-order valence-corrected chi connectivity index (χ1v) is 6.22. The van der Waals surface area contributed by atoms with Crippen LogP contribution in [0.25, 0.3) is 0 Å². The Morgan fingerprint density at radius 1 is 1.33 bits per heavy atom. The maximum Gasteiger partial charge on any atom is 0.323 e. The fourth-order valence-electron chi connectivity index (χ4n) is 1.57. The summed E-state index contributed by atoms with van der Waals surface area (Å²) in [4.78, 5) is 23.6. The first-order valence-electron chi connectivity index (χ1n) is 5.34. The van der Waals surface area contributed by atoms with Gasteiger partial charge in [0.25, 0.3) is 5.91 Å². The number of aromatic nitrogens is 1. The lowest BCUT2D eigenvalue weighted by molar-refractivity contribution is -0.137. The van der Waals surface area contributed by atoms with E-state index in [2.05, 4.69) is 5.32 Å². The number of carbonyl (C=O) groups excluding carboxylic acids is 1. The first kappa shape index (κ1) is 12.4. The molecular weight excluding hydrogens is 252 g/mol. The molecule has 0 bridgehead atoms. The Morgan fingerprint density at radius 3 is 2.83 bits per heavy atom. The average molecular weight is 264 g/mol. The summed E-state index contributed by atoms with van der Waals surface area (Å²) in [6.07, 6.45) is 1.58. The van der Waals surface area contributed by atoms with Crippen LogP contribution in [0.3, 0.4) is 0 Å². The molecule has 2 aromatic heterocycles. The van der Waals surface area contributed by atoms with Crippen molar-refractivity contribution in [2.24, 2.45) is 0 Å². The van der Waals surface area contributed by atoms with Crippen LogP contribution in [0.5, 0.6) is 0 Å². The number of nitrogens with zero attached hydrogens (tertiary/aromatic N) is 1. The van der Waals surface area contributed by atoms with E-state index in [0.29, 0.717) is 12.2 Å². The molecule has 5 nitrogen and oxygen atoms in total. The number of hydrogen-bond donors (Lipinski definition) is 2. The predicted octanol–water partition coefficient (Wildman–Crippen LogP) is 1.56. The predicted molar refractivity (Wildman–Crippen MR) is 67.6 cm³/mol. The highest BCUT2D eigenvalue weighted by Gasteiger charge is 2.12. The number of nitrogens with one attached hydrogen (secondary N) is 1. The van der Waals surface area contributed by atoms with Crippen LogP contribution in [0, 0.1) is 0 Å². The largest absolute Gasteiger partial charge is 0.480 e. The first-order chi connectivity index (χ1) is 8.66. The average Bonchev–Trinajstić information content (AvgIpc) is 2.95. The lowest BCUT2D eigenvalue weighted by atomic mass is 10.3. The van der Waals surface area contributed by atoms with Gasteiger partial charge in [0.2, 0.25) is 0 Å². The Balaban J connectivity index is 2.00. The number of hydrogen-bond acceptors (Lipinski definition) is 3. The van der Waals surface area contributed by atoms with Gasteiger partial charge < -0.3 is 15.0 Å². The standard InChI is InChI=1S/C12H12N2O3S/c15-11(16)8-14-5-1-4-10(14)12(17)13-7-9-3-2-6-18-9/h1-6H,7-8H2,(H,13,17)(H,15,16). The van der Waals surface area contributed by atoms with Gasteiger partial charge in [-0.05, 0) is 23.6 Å². The molecule has 2 aromatic rings. The van der Waals surface area contributed by atoms with Crippen molar-refractivity contribution in [3.8, 4) is 0 Å². The third-order valence-corrected chi connectivity index (χ3v) is 3.25. The summed E-state index contributed by atoms with van der Waals surface area (Å²) in [7, 11) is 0. The van der Waals surface area contributed by atoms with Crippen LogP contribution < -0.4 is 5.32 Å². The highest BCUT2D eigenvalue weighted by atomic mass is 32.1. The maximum absolute atomic E-state index is 11.9. The van der Waals surface area contributed by atoms with Crippen molar-refractivity contribution < 1.29 is 14.7 Å². The van der Waals surface area contributed by atoms with E-state index in [9.17, 15) is 9.59 Å². The Morgan fingerprint density at radius 2 is 2.17 bits per heavy atom. The van der Waals surface area contributed by atoms with Crippen molar-refractivity contribution in [1.82, 2.24) is 9.88 Å². The fraction of sp³-hybridized carbons (Fsp3) is 0.167. The molecule has 0 saturated heterocycles. The molecule has 0 aliphatic carbocycles. The number of carboxylic acids is 1. The van der Waals surface area contributed by atoms with Crippen molar-refractivity contribution in [1.29, 1.82) is 0 Å². The molecule has 0 radical (unpaired) electrons. The molecule has 0 aromatic carbocycles. The molecule has 0 aliphatic heterocycles. The minimum absolute atomic E-state index is 0.214. The van der Waals surface area contributed by atoms with Gasteiger partial charge in [-0.1, -0.05) is 6.07 Å². The number of rotatable bonds is 5. The molecule has 2 heterocycles. The molecule has 2 N–H and O–H groups in total. The summed E-state index contributed by atoms with van der Waals surface area (Å²) in [5, 5.41) is 13.4. The number of carboxylic acid groups (broad SMARTS) is 1. The van der Waals surface area contributed by atoms with Crippen molar-refractivity contribution in [3.63, 3.8) is 0 Å². The van der Waals surface area contributed by atoms with Crippen LogP contribution in [-0.4, -0.2) is 21.6 Å². The quantitative estimate of drug-likeness (QED) is 0.861. The van der Waals surface area contributed by atoms with Crippen LogP contribution in [-0.2, 0) is 17.9 Å². The molecule has 2 rings (SSSR count). The van der Waals surface area contributed by atoms with Crippen molar-refractivity contribution in [3.05, 3.63) is 46.4 Å². The van der Waals surface area contributed by atoms with Gasteiger partial charge in [0, 0.05) is 11.1 Å². The Hall–Kier alpha value is -2.08. The molecule has 94 valence electrons. The topological polar surface area (TPSA) is 71.3 Å². The molecule has 0 aliphatic rings. The maximum atomic E-state index is 11.9. The van der Waals surface area contributed by atoms with Gasteiger partial charge in [0.1, 0.15) is 12.2 Å². The number of thiophene rings is 1. The van der Waals surface area contributed by atoms with Gasteiger partial charge in [-0.2, -0.15) is 0 Å². The minimum atomic E-state index is -0.974. The van der Waals surface area contributed by atoms with Crippen LogP contribution in [0.4, 0.5) is 0 Å². The zero-order chi connectivity index (χ0) is 13.0. The SMILES string of the molecule is O=C(O)Cn1cccc1C(=O)NCc1cccs1. The number of carbonyl (C=O) groups is 2. The van der Waals surface area contributed by atoms with Gasteiger partial charge in [0.15, 0.2) is 0 Å². The van der Waals surface area contributed by atoms with E-state index in [1.807, 2.05) is 17.5 Å².